The van der Waals surface area contributed by atoms with Crippen LogP contribution in [0.1, 0.15) is 49.7 Å². The van der Waals surface area contributed by atoms with Crippen molar-refractivity contribution in [3.05, 3.63) is 45.1 Å². The van der Waals surface area contributed by atoms with Gasteiger partial charge in [-0.05, 0) is 55.5 Å². The lowest BCUT2D eigenvalue weighted by Crippen LogP contribution is -2.17. The molecule has 1 aliphatic heterocycles. The van der Waals surface area contributed by atoms with Crippen LogP contribution < -0.4 is 9.47 Å². The van der Waals surface area contributed by atoms with Crippen LogP contribution in [0.4, 0.5) is 0 Å². The Morgan fingerprint density at radius 3 is 2.69 bits per heavy atom. The molecular weight excluding hydrogens is 352 g/mol. The van der Waals surface area contributed by atoms with E-state index < -0.39 is 5.97 Å². The molecule has 0 amide bonds. The van der Waals surface area contributed by atoms with Gasteiger partial charge in [-0.15, -0.1) is 11.3 Å². The van der Waals surface area contributed by atoms with Crippen molar-refractivity contribution < 1.29 is 23.8 Å². The van der Waals surface area contributed by atoms with Crippen molar-refractivity contribution in [2.75, 3.05) is 19.8 Å². The number of thiophene rings is 1. The van der Waals surface area contributed by atoms with Gasteiger partial charge in [-0.1, -0.05) is 6.42 Å². The first kappa shape index (κ1) is 17.1. The number of rotatable bonds is 4. The molecule has 2 heterocycles. The number of ether oxygens (including phenoxy) is 3. The van der Waals surface area contributed by atoms with E-state index in [9.17, 15) is 9.59 Å². The number of ketones is 1. The summed E-state index contributed by atoms with van der Waals surface area (Å²) in [5, 5.41) is 0. The Hall–Kier alpha value is -2.34. The summed E-state index contributed by atoms with van der Waals surface area (Å²) in [5.74, 6) is 0.503. The highest BCUT2D eigenvalue weighted by Gasteiger charge is 2.20. The van der Waals surface area contributed by atoms with Gasteiger partial charge < -0.3 is 14.2 Å². The van der Waals surface area contributed by atoms with Gasteiger partial charge >= 0.3 is 5.97 Å². The molecule has 0 bridgehead atoms. The third-order valence-corrected chi connectivity index (χ3v) is 5.86. The van der Waals surface area contributed by atoms with Crippen LogP contribution in [0.15, 0.2) is 24.3 Å². The molecule has 6 heteroatoms. The second kappa shape index (κ2) is 7.50. The van der Waals surface area contributed by atoms with Crippen LogP contribution in [0.2, 0.25) is 0 Å². The highest BCUT2D eigenvalue weighted by molar-refractivity contribution is 7.14. The summed E-state index contributed by atoms with van der Waals surface area (Å²) in [4.78, 5) is 26.5. The molecule has 0 spiro atoms. The van der Waals surface area contributed by atoms with Gasteiger partial charge in [0.2, 0.25) is 0 Å². The van der Waals surface area contributed by atoms with Crippen LogP contribution in [0, 0.1) is 0 Å². The molecule has 0 N–H and O–H groups in total. The lowest BCUT2D eigenvalue weighted by Gasteiger charge is -2.18. The predicted molar refractivity (Wildman–Crippen MR) is 97.6 cm³/mol. The van der Waals surface area contributed by atoms with E-state index in [1.54, 1.807) is 18.2 Å². The molecule has 5 nitrogen and oxygen atoms in total. The number of carbonyl (C=O) groups excluding carboxylic acids is 2. The predicted octanol–water partition coefficient (Wildman–Crippen LogP) is 3.83. The fourth-order valence-electron chi connectivity index (χ4n) is 3.27. The van der Waals surface area contributed by atoms with E-state index >= 15 is 0 Å². The van der Waals surface area contributed by atoms with Crippen LogP contribution in [-0.2, 0) is 17.6 Å². The van der Waals surface area contributed by atoms with E-state index in [1.807, 2.05) is 6.07 Å². The summed E-state index contributed by atoms with van der Waals surface area (Å²) >= 11 is 1.50. The number of Topliss-reactive ketones (excluding diaryl/α,β-unsaturated/α-hetero) is 1. The van der Waals surface area contributed by atoms with E-state index in [-0.39, 0.29) is 12.4 Å². The fourth-order valence-corrected chi connectivity index (χ4v) is 4.42. The summed E-state index contributed by atoms with van der Waals surface area (Å²) in [7, 11) is 0. The number of esters is 1. The molecule has 0 fully saturated rings. The molecule has 1 aromatic carbocycles. The van der Waals surface area contributed by atoms with Crippen LogP contribution >= 0.6 is 11.3 Å². The lowest BCUT2D eigenvalue weighted by molar-refractivity contribution is 0.0479. The van der Waals surface area contributed by atoms with Gasteiger partial charge in [-0.25, -0.2) is 4.79 Å². The third kappa shape index (κ3) is 3.60. The van der Waals surface area contributed by atoms with E-state index in [4.69, 9.17) is 14.2 Å². The Morgan fingerprint density at radius 1 is 1.00 bits per heavy atom. The zero-order chi connectivity index (χ0) is 17.9. The minimum atomic E-state index is -0.422. The summed E-state index contributed by atoms with van der Waals surface area (Å²) in [6, 6.07) is 6.94. The van der Waals surface area contributed by atoms with Crippen LogP contribution in [0.25, 0.3) is 0 Å². The monoisotopic (exact) mass is 372 g/mol. The maximum Gasteiger partial charge on any atom is 0.348 e. The van der Waals surface area contributed by atoms with E-state index in [0.717, 1.165) is 12.8 Å². The van der Waals surface area contributed by atoms with Crippen molar-refractivity contribution in [3.63, 3.8) is 0 Å². The maximum atomic E-state index is 12.3. The number of fused-ring (bicyclic) bond motifs is 2. The molecule has 0 saturated heterocycles. The van der Waals surface area contributed by atoms with E-state index in [2.05, 4.69) is 0 Å². The summed E-state index contributed by atoms with van der Waals surface area (Å²) in [6.07, 6.45) is 5.63. The van der Waals surface area contributed by atoms with E-state index in [0.29, 0.717) is 35.2 Å². The zero-order valence-electron chi connectivity index (χ0n) is 14.4. The fraction of sp³-hybridized carbons (Fsp3) is 0.400. The number of carbonyl (C=O) groups is 2. The molecule has 0 atom stereocenters. The highest BCUT2D eigenvalue weighted by atomic mass is 32.1. The Kier molecular flexibility index (Phi) is 4.93. The number of hydrogen-bond donors (Lipinski definition) is 0. The maximum absolute atomic E-state index is 12.3. The van der Waals surface area contributed by atoms with Gasteiger partial charge in [0.05, 0.1) is 0 Å². The second-order valence-corrected chi connectivity index (χ2v) is 7.61. The smallest absolute Gasteiger partial charge is 0.348 e. The third-order valence-electron chi connectivity index (χ3n) is 4.65. The van der Waals surface area contributed by atoms with Gasteiger partial charge in [0.25, 0.3) is 0 Å². The molecule has 26 heavy (non-hydrogen) atoms. The van der Waals surface area contributed by atoms with Crippen molar-refractivity contribution in [2.45, 2.75) is 32.1 Å². The minimum absolute atomic E-state index is 0.256. The summed E-state index contributed by atoms with van der Waals surface area (Å²) < 4.78 is 16.2. The van der Waals surface area contributed by atoms with Crippen molar-refractivity contribution in [3.8, 4) is 11.5 Å². The van der Waals surface area contributed by atoms with Gasteiger partial charge in [-0.3, -0.25) is 4.79 Å². The molecule has 0 radical (unpaired) electrons. The van der Waals surface area contributed by atoms with Gasteiger partial charge in [-0.2, -0.15) is 0 Å². The molecule has 0 unspecified atom stereocenters. The normalized spacial score (nSPS) is 15.7. The average Bonchev–Trinajstić information content (AvgIpc) is 2.96. The highest BCUT2D eigenvalue weighted by Crippen LogP contribution is 2.31. The number of benzene rings is 1. The first-order valence-corrected chi connectivity index (χ1v) is 9.74. The van der Waals surface area contributed by atoms with E-state index in [1.165, 1.54) is 41.0 Å². The molecule has 2 aliphatic rings. The average molecular weight is 372 g/mol. The summed E-state index contributed by atoms with van der Waals surface area (Å²) in [6.45, 7) is 0.687. The van der Waals surface area contributed by atoms with Gasteiger partial charge in [0.1, 0.15) is 18.1 Å². The molecule has 4 rings (SSSR count). The molecule has 0 saturated carbocycles. The Balaban J connectivity index is 1.39. The molecule has 1 aromatic heterocycles. The second-order valence-electron chi connectivity index (χ2n) is 6.48. The van der Waals surface area contributed by atoms with Crippen LogP contribution in [-0.4, -0.2) is 31.6 Å². The Morgan fingerprint density at radius 2 is 1.81 bits per heavy atom. The Labute approximate surface area is 155 Å². The largest absolute Gasteiger partial charge is 0.486 e. The van der Waals surface area contributed by atoms with Crippen molar-refractivity contribution in [2.24, 2.45) is 0 Å². The number of aryl methyl sites for hydroxylation is 2. The molecule has 136 valence electrons. The summed E-state index contributed by atoms with van der Waals surface area (Å²) in [5.41, 5.74) is 1.71. The molecule has 1 aliphatic carbocycles. The molecular formula is C20H20O5S. The van der Waals surface area contributed by atoms with Gasteiger partial charge in [0.15, 0.2) is 23.9 Å². The SMILES string of the molecule is O=C(COC(=O)c1cc2c(s1)CCCCC2)c1ccc2c(c1)OCCO2. The molecule has 2 aromatic rings. The van der Waals surface area contributed by atoms with Crippen molar-refractivity contribution in [1.29, 1.82) is 0 Å². The topological polar surface area (TPSA) is 61.8 Å². The zero-order valence-corrected chi connectivity index (χ0v) is 15.2. The van der Waals surface area contributed by atoms with Crippen LogP contribution in [0.3, 0.4) is 0 Å². The quantitative estimate of drug-likeness (QED) is 0.464. The van der Waals surface area contributed by atoms with Crippen molar-refractivity contribution in [1.82, 2.24) is 0 Å². The first-order chi connectivity index (χ1) is 12.7. The first-order valence-electron chi connectivity index (χ1n) is 8.92. The standard InChI is InChI=1S/C20H20O5S/c21-15(13-6-7-16-17(10-13)24-9-8-23-16)12-25-20(22)19-11-14-4-2-1-3-5-18(14)26-19/h6-7,10-11H,1-5,8-9,12H2. The van der Waals surface area contributed by atoms with Crippen LogP contribution in [0.5, 0.6) is 11.5 Å². The number of hydrogen-bond acceptors (Lipinski definition) is 6. The van der Waals surface area contributed by atoms with Crippen molar-refractivity contribution >= 4 is 23.1 Å². The Bertz CT molecular complexity index is 815. The minimum Gasteiger partial charge on any atom is -0.486 e. The lowest BCUT2D eigenvalue weighted by atomic mass is 10.1. The van der Waals surface area contributed by atoms with Gasteiger partial charge in [0, 0.05) is 10.4 Å².